The number of rotatable bonds is 20. The number of nitro benzene ring substituents is 1. The summed E-state index contributed by atoms with van der Waals surface area (Å²) in [5, 5.41) is 38.9. The van der Waals surface area contributed by atoms with Crippen LogP contribution in [0.15, 0.2) is 200 Å². The van der Waals surface area contributed by atoms with Gasteiger partial charge >= 0.3 is 35.2 Å². The van der Waals surface area contributed by atoms with Crippen LogP contribution < -0.4 is 103 Å². The molecule has 0 aliphatic heterocycles. The molecular weight excluding hydrogens is 2030 g/mol. The molecule has 698 valence electrons. The minimum Gasteiger partial charge on any atom is -0.512 e. The van der Waals surface area contributed by atoms with E-state index in [0.717, 1.165) is 115 Å². The number of Topliss-reactive ketones (excluding diaryl/α,β-unsaturated/α-hetero) is 1. The number of nitrogens with one attached hydrogen (secondary N) is 9. The van der Waals surface area contributed by atoms with Crippen molar-refractivity contribution in [2.45, 2.75) is 78.7 Å². The van der Waals surface area contributed by atoms with Crippen LogP contribution >= 0.6 is 11.6 Å². The van der Waals surface area contributed by atoms with E-state index in [1.807, 2.05) is 72.8 Å². The molecule has 10 aromatic rings. The number of hydrogen-bond donors (Lipinski definition) is 11. The molecule has 10 aromatic carbocycles. The fraction of sp³-hybridized carbons (Fsp3) is 0.231. The predicted molar refractivity (Wildman–Crippen MR) is 482 cm³/mol. The summed E-state index contributed by atoms with van der Waals surface area (Å²) < 4.78 is 132. The number of benzene rings is 10. The molecule has 0 bridgehead atoms. The van der Waals surface area contributed by atoms with E-state index in [-0.39, 0.29) is 156 Å². The number of nitrogens with zero attached hydrogens (tertiary/aromatic N) is 3. The van der Waals surface area contributed by atoms with Crippen molar-refractivity contribution in [3.8, 4) is 17.2 Å². The van der Waals surface area contributed by atoms with Gasteiger partial charge in [-0.25, -0.2) is 46.1 Å². The Bertz CT molecular complexity index is 5340. The first kappa shape index (κ1) is 126. The fourth-order valence-electron chi connectivity index (χ4n) is 10.1. The number of nitrogens with two attached hydrogens (primary N) is 2. The van der Waals surface area contributed by atoms with E-state index in [2.05, 4.69) is 52.7 Å². The maximum Gasteiger partial charge on any atom is 1.00 e. The molecule has 132 heavy (non-hydrogen) atoms. The maximum atomic E-state index is 13.8. The molecule has 0 aromatic heterocycles. The van der Waals surface area contributed by atoms with Crippen LogP contribution in [-0.4, -0.2) is 129 Å². The zero-order valence-corrected chi connectivity index (χ0v) is 80.3. The molecule has 0 atom stereocenters. The van der Waals surface area contributed by atoms with Crippen molar-refractivity contribution in [2.75, 3.05) is 85.3 Å². The van der Waals surface area contributed by atoms with Crippen molar-refractivity contribution >= 4 is 94.9 Å². The molecule has 0 unspecified atom stereocenters. The second-order valence-electron chi connectivity index (χ2n) is 25.7. The normalized spacial score (nSPS) is 10.5. The molecule has 2 aliphatic carbocycles. The average Bonchev–Trinajstić information content (AvgIpc) is 0.800. The molecule has 0 spiro atoms. The molecule has 0 heterocycles. The third-order valence-corrected chi connectivity index (χ3v) is 17.6. The topological polar surface area (TPSA) is 396 Å². The van der Waals surface area contributed by atoms with Gasteiger partial charge in [0.15, 0.2) is 0 Å². The second kappa shape index (κ2) is 66.9. The molecule has 27 nitrogen and oxygen atoms in total. The summed E-state index contributed by atoms with van der Waals surface area (Å²) in [6, 6.07) is 47.8. The number of carbonyl (C=O) groups is 8. The van der Waals surface area contributed by atoms with Gasteiger partial charge in [0, 0.05) is 184 Å². The van der Waals surface area contributed by atoms with Crippen LogP contribution in [0.25, 0.3) is 4.85 Å². The zero-order valence-electron chi connectivity index (χ0n) is 72.0. The molecule has 12 rings (SSSR count). The van der Waals surface area contributed by atoms with Gasteiger partial charge in [-0.05, 0) is 181 Å². The number of ether oxygens (including phenoxy) is 3. The third-order valence-electron chi connectivity index (χ3n) is 17.4. The summed E-state index contributed by atoms with van der Waals surface area (Å²) in [7, 11) is 13.5. The average molecular weight is 2130 g/mol. The first-order valence-corrected chi connectivity index (χ1v) is 37.8. The van der Waals surface area contributed by atoms with E-state index in [4.69, 9.17) is 55.7 Å². The summed E-state index contributed by atoms with van der Waals surface area (Å²) >= 11 is 4.96. The largest absolute Gasteiger partial charge is 1.00 e. The van der Waals surface area contributed by atoms with Gasteiger partial charge in [0.05, 0.1) is 77.0 Å². The van der Waals surface area contributed by atoms with Crippen molar-refractivity contribution < 1.29 is 179 Å². The molecule has 2 fully saturated rings. The maximum absolute atomic E-state index is 13.8. The summed E-state index contributed by atoms with van der Waals surface area (Å²) in [5.41, 5.74) is 14.6. The SMILES string of the molecule is C.C.CNC(=O)c1ccc(F)cc1F.CNC(=O)c1ccc(F)cc1NCc1ccc(OC)cc1.CNC(=O)c1ccc(N)cc1F.CNC(=O)c1ccc(NCc2ccc(OC)cc2)cc1F.CNC(=O)c1ccc([N+](=O)[O-])cc1F.COc1ccc(CN)cc1.O=C(Cl)c1ccc(F)cc1F.O=C1CCC1.[2HH].[3HH].[B].[C-]#N.[C-]#[N+]C1(Nc2ccc(C(=O)NC)c(F)c2)CCC1.[Na+].[U].[V]. The van der Waals surface area contributed by atoms with Crippen LogP contribution in [0.1, 0.15) is 145 Å². The van der Waals surface area contributed by atoms with E-state index in [9.17, 15) is 88.0 Å². The van der Waals surface area contributed by atoms with Gasteiger partial charge in [0.25, 0.3) is 46.4 Å². The first-order valence-electron chi connectivity index (χ1n) is 37.4. The molecule has 4 radical (unpaired) electrons. The number of nitrogen functional groups attached to an aromatic ring is 1. The Hall–Kier alpha value is -12.3. The van der Waals surface area contributed by atoms with E-state index in [0.29, 0.717) is 71.9 Å². The van der Waals surface area contributed by atoms with E-state index in [1.165, 1.54) is 89.8 Å². The standard InChI is InChI=1S/2C16H17FN2O2.C13H14FN3O.C8H7F2NO.C8H7FN2O3.C8H9FN2O.C8H11NO.C7H3ClF2O.C4H6O.CN.2CH4.B.Na.U.V.2H2/c1-18-16(20)14-8-5-12(9-15(14)17)19-10-11-3-6-13(21-2)7-4-11;1-18-16(20)14-8-5-12(17)9-15(14)19-10-11-3-6-13(21-2)7-4-11;1-15-12(18)10-5-4-9(8-11(10)14)17-13(16-2)6-3-7-13;1-11-8(12)6-3-2-5(9)4-7(6)10;1-10-8(12)6-3-2-5(11(13)14)4-7(6)9;1-11-8(12)6-3-2-5(10)4-7(6)9;1-10-8-4-2-7(6-9)3-5-8;8-7(11)5-2-1-4(9)3-6(5)10;5-4-2-1-3-4;1-2;;;;;;;;/h2*3-9,19H,10H2,1-2H3,(H,18,20);4-5,8,17H,3,6-7H2,1H3,(H,15,18);2-4H,1H3,(H,11,12);2-4H,1H3,(H,10,12);2-4H,10H2,1H3,(H,11,12);2-5H,6,9H2,1H3;1-3H;1-3H2;;2*1H4;;;;;2*1H/q;;;;;;;;;-1;;;;+1;;;;/i;;;;;;;;;;;;;;;;1+2;1+1. The molecule has 2 saturated carbocycles. The third kappa shape index (κ3) is 43.1. The minimum absolute atomic E-state index is 0. The minimum atomic E-state index is -0.940. The van der Waals surface area contributed by atoms with Gasteiger partial charge in [-0.2, -0.15) is 0 Å². The van der Waals surface area contributed by atoms with Gasteiger partial charge < -0.3 is 85.4 Å². The molecule has 6 amide bonds. The Kier molecular flexibility index (Phi) is 63.9. The number of carbonyl (C=O) groups excluding carboxylic acids is 8. The molecule has 0 saturated heterocycles. The molecular formula is C91H103BClF9N14NaO13UV. The van der Waals surface area contributed by atoms with Crippen LogP contribution in [0.4, 0.5) is 68.0 Å². The van der Waals surface area contributed by atoms with Crippen molar-refractivity contribution in [3.05, 3.63) is 336 Å². The number of nitro groups is 1. The second-order valence-corrected chi connectivity index (χ2v) is 26.0. The van der Waals surface area contributed by atoms with Crippen LogP contribution in [0.5, 0.6) is 17.2 Å². The van der Waals surface area contributed by atoms with Crippen LogP contribution in [0, 0.1) is 112 Å². The van der Waals surface area contributed by atoms with Crippen molar-refractivity contribution in [3.63, 3.8) is 0 Å². The van der Waals surface area contributed by atoms with Gasteiger partial charge in [-0.15, -0.1) is 0 Å². The Labute approximate surface area is 828 Å². The number of hydrogen-bond acceptors (Lipinski definition) is 19. The van der Waals surface area contributed by atoms with Crippen molar-refractivity contribution in [2.24, 2.45) is 5.73 Å². The number of methoxy groups -OCH3 is 3. The molecule has 41 heteroatoms. The summed E-state index contributed by atoms with van der Waals surface area (Å²) in [6.07, 6.45) is 5.39. The van der Waals surface area contributed by atoms with E-state index < -0.39 is 91.9 Å². The smallest absolute Gasteiger partial charge is 0.512 e. The monoisotopic (exact) mass is 2130 g/mol. The number of amides is 6. The van der Waals surface area contributed by atoms with Crippen molar-refractivity contribution in [1.29, 1.82) is 5.26 Å². The number of halogens is 10. The Balaban J connectivity index is -0.000000347. The first-order chi connectivity index (χ1) is 60.1. The number of non-ortho nitro benzene ring substituents is 1. The predicted octanol–water partition coefficient (Wildman–Crippen LogP) is 13.9. The van der Waals surface area contributed by atoms with E-state index in [1.54, 1.807) is 40.5 Å². The fourth-order valence-corrected chi connectivity index (χ4v) is 10.3. The summed E-state index contributed by atoms with van der Waals surface area (Å²) in [4.78, 5) is 101. The van der Waals surface area contributed by atoms with E-state index >= 15 is 0 Å². The quantitative estimate of drug-likeness (QED) is 0.00642. The van der Waals surface area contributed by atoms with Gasteiger partial charge in [-0.1, -0.05) is 51.3 Å². The molecule has 13 N–H and O–H groups in total. The van der Waals surface area contributed by atoms with Gasteiger partial charge in [0.2, 0.25) is 0 Å². The number of anilines is 4. The van der Waals surface area contributed by atoms with Crippen LogP contribution in [-0.2, 0) is 43.0 Å². The summed E-state index contributed by atoms with van der Waals surface area (Å²) in [6.45, 7) is 13.5. The molecule has 2 aliphatic rings. The Morgan fingerprint density at radius 3 is 1.10 bits per heavy atom. The summed E-state index contributed by atoms with van der Waals surface area (Å²) in [5.74, 6) is -6.15. The Morgan fingerprint density at radius 2 is 0.788 bits per heavy atom. The van der Waals surface area contributed by atoms with Crippen molar-refractivity contribution in [1.82, 2.24) is 31.9 Å². The van der Waals surface area contributed by atoms with Crippen LogP contribution in [0.3, 0.4) is 0 Å². The Morgan fingerprint density at radius 1 is 0.477 bits per heavy atom. The van der Waals surface area contributed by atoms with Gasteiger partial charge in [0.1, 0.15) is 75.4 Å². The number of ketones is 1. The van der Waals surface area contributed by atoms with Crippen LogP contribution in [0.2, 0.25) is 0 Å². The van der Waals surface area contributed by atoms with Gasteiger partial charge in [-0.3, -0.25) is 53.3 Å². The zero-order chi connectivity index (χ0) is 94.2.